The van der Waals surface area contributed by atoms with Gasteiger partial charge < -0.3 is 10.6 Å². The molecule has 4 nitrogen and oxygen atoms in total. The number of thiocarbonyl (C=S) groups is 1. The molecule has 1 aromatic heterocycles. The number of nitrogens with two attached hydrogens (primary N) is 1. The second kappa shape index (κ2) is 5.40. The highest BCUT2D eigenvalue weighted by atomic mass is 32.2. The summed E-state index contributed by atoms with van der Waals surface area (Å²) in [6.45, 7) is 7.11. The van der Waals surface area contributed by atoms with Crippen molar-refractivity contribution in [3.05, 3.63) is 16.8 Å². The molecule has 1 fully saturated rings. The third-order valence-corrected chi connectivity index (χ3v) is 4.72. The third kappa shape index (κ3) is 2.44. The summed E-state index contributed by atoms with van der Waals surface area (Å²) in [5, 5.41) is 8.55. The Bertz CT molecular complexity index is 475. The number of thioether (sulfide) groups is 1. The Morgan fingerprint density at radius 3 is 2.78 bits per heavy atom. The molecule has 1 atom stereocenters. The maximum Gasteiger partial charge on any atom is 0.162 e. The monoisotopic (exact) mass is 282 g/mol. The van der Waals surface area contributed by atoms with Crippen molar-refractivity contribution in [1.29, 1.82) is 0 Å². The van der Waals surface area contributed by atoms with E-state index in [2.05, 4.69) is 22.0 Å². The molecular formula is C12H18N4S2. The zero-order chi connectivity index (χ0) is 13.3. The third-order valence-electron chi connectivity index (χ3n) is 3.32. The van der Waals surface area contributed by atoms with E-state index < -0.39 is 0 Å². The lowest BCUT2D eigenvalue weighted by atomic mass is 10.1. The maximum atomic E-state index is 5.87. The van der Waals surface area contributed by atoms with Crippen molar-refractivity contribution in [1.82, 2.24) is 10.2 Å². The lowest BCUT2D eigenvalue weighted by Gasteiger charge is -2.35. The molecule has 1 unspecified atom stereocenters. The number of hydrogen-bond acceptors (Lipinski definition) is 5. The van der Waals surface area contributed by atoms with Crippen molar-refractivity contribution in [3.8, 4) is 0 Å². The molecule has 0 aliphatic carbocycles. The Morgan fingerprint density at radius 2 is 2.17 bits per heavy atom. The summed E-state index contributed by atoms with van der Waals surface area (Å²) in [6.07, 6.45) is 0. The molecule has 0 radical (unpaired) electrons. The van der Waals surface area contributed by atoms with E-state index in [0.29, 0.717) is 11.0 Å². The first kappa shape index (κ1) is 13.5. The highest BCUT2D eigenvalue weighted by Crippen LogP contribution is 2.27. The molecule has 2 N–H and O–H groups in total. The van der Waals surface area contributed by atoms with Gasteiger partial charge in [0.15, 0.2) is 5.82 Å². The van der Waals surface area contributed by atoms with Gasteiger partial charge in [-0.3, -0.25) is 0 Å². The zero-order valence-electron chi connectivity index (χ0n) is 10.9. The van der Waals surface area contributed by atoms with Gasteiger partial charge in [0, 0.05) is 24.1 Å². The van der Waals surface area contributed by atoms with E-state index in [1.54, 1.807) is 0 Å². The molecule has 1 aliphatic rings. The summed E-state index contributed by atoms with van der Waals surface area (Å²) in [4.78, 5) is 2.68. The van der Waals surface area contributed by atoms with Gasteiger partial charge in [-0.25, -0.2) is 0 Å². The van der Waals surface area contributed by atoms with Crippen LogP contribution >= 0.6 is 24.0 Å². The highest BCUT2D eigenvalue weighted by Gasteiger charge is 2.25. The van der Waals surface area contributed by atoms with E-state index >= 15 is 0 Å². The van der Waals surface area contributed by atoms with E-state index in [-0.39, 0.29) is 0 Å². The van der Waals surface area contributed by atoms with Gasteiger partial charge in [-0.05, 0) is 26.3 Å². The van der Waals surface area contributed by atoms with Crippen LogP contribution in [-0.4, -0.2) is 39.3 Å². The normalized spacial score (nSPS) is 19.9. The summed E-state index contributed by atoms with van der Waals surface area (Å²) in [7, 11) is 0. The second-order valence-corrected chi connectivity index (χ2v) is 6.18. The number of aryl methyl sites for hydroxylation is 1. The fourth-order valence-electron chi connectivity index (χ4n) is 2.13. The minimum atomic E-state index is 0.408. The first-order valence-electron chi connectivity index (χ1n) is 6.00. The molecule has 1 aliphatic heterocycles. The summed E-state index contributed by atoms with van der Waals surface area (Å²) in [6, 6.07) is 0.438. The van der Waals surface area contributed by atoms with Gasteiger partial charge in [0.25, 0.3) is 0 Å². The Morgan fingerprint density at radius 1 is 1.44 bits per heavy atom. The van der Waals surface area contributed by atoms with Crippen LogP contribution in [-0.2, 0) is 0 Å². The van der Waals surface area contributed by atoms with Crippen LogP contribution in [0.1, 0.15) is 23.7 Å². The largest absolute Gasteiger partial charge is 0.389 e. The smallest absolute Gasteiger partial charge is 0.162 e. The van der Waals surface area contributed by atoms with E-state index in [1.165, 1.54) is 0 Å². The molecule has 0 amide bonds. The van der Waals surface area contributed by atoms with Crippen LogP contribution in [0.5, 0.6) is 0 Å². The first-order valence-corrected chi connectivity index (χ1v) is 7.56. The van der Waals surface area contributed by atoms with E-state index in [4.69, 9.17) is 18.0 Å². The molecule has 2 rings (SSSR count). The summed E-state index contributed by atoms with van der Waals surface area (Å²) >= 11 is 7.15. The van der Waals surface area contributed by atoms with Gasteiger partial charge in [-0.15, -0.1) is 5.10 Å². The van der Waals surface area contributed by atoms with Crippen LogP contribution < -0.4 is 10.6 Å². The van der Waals surface area contributed by atoms with Crippen molar-refractivity contribution in [3.63, 3.8) is 0 Å². The predicted molar refractivity (Wildman–Crippen MR) is 81.5 cm³/mol. The van der Waals surface area contributed by atoms with E-state index in [9.17, 15) is 0 Å². The maximum absolute atomic E-state index is 5.87. The van der Waals surface area contributed by atoms with Crippen molar-refractivity contribution >= 4 is 34.8 Å². The van der Waals surface area contributed by atoms with Crippen molar-refractivity contribution in [2.45, 2.75) is 26.8 Å². The fraction of sp³-hybridized carbons (Fsp3) is 0.583. The molecule has 1 saturated heterocycles. The molecule has 98 valence electrons. The quantitative estimate of drug-likeness (QED) is 0.833. The average molecular weight is 282 g/mol. The highest BCUT2D eigenvalue weighted by molar-refractivity contribution is 7.99. The molecule has 18 heavy (non-hydrogen) atoms. The fourth-order valence-corrected chi connectivity index (χ4v) is 3.39. The molecule has 0 aromatic carbocycles. The predicted octanol–water partition coefficient (Wildman–Crippen LogP) is 1.67. The number of nitrogens with zero attached hydrogens (tertiary/aromatic N) is 3. The van der Waals surface area contributed by atoms with Crippen LogP contribution in [0, 0.1) is 13.8 Å². The minimum Gasteiger partial charge on any atom is -0.389 e. The topological polar surface area (TPSA) is 55.0 Å². The zero-order valence-corrected chi connectivity index (χ0v) is 12.6. The van der Waals surface area contributed by atoms with Gasteiger partial charge in [0.1, 0.15) is 4.99 Å². The number of rotatable bonds is 2. The lowest BCUT2D eigenvalue weighted by molar-refractivity contribution is 0.679. The van der Waals surface area contributed by atoms with Crippen molar-refractivity contribution in [2.24, 2.45) is 5.73 Å². The van der Waals surface area contributed by atoms with Crippen LogP contribution in [0.3, 0.4) is 0 Å². The molecule has 1 aromatic rings. The first-order chi connectivity index (χ1) is 8.52. The number of aromatic nitrogens is 2. The SMILES string of the molecule is Cc1nnc(N2CCSCC2C)c(C(N)=S)c1C. The van der Waals surface area contributed by atoms with Gasteiger partial charge in [-0.1, -0.05) is 12.2 Å². The van der Waals surface area contributed by atoms with Gasteiger partial charge >= 0.3 is 0 Å². The van der Waals surface area contributed by atoms with Crippen LogP contribution in [0.25, 0.3) is 0 Å². The number of hydrogen-bond donors (Lipinski definition) is 1. The number of anilines is 1. The average Bonchev–Trinajstić information content (AvgIpc) is 2.33. The summed E-state index contributed by atoms with van der Waals surface area (Å²) < 4.78 is 0. The van der Waals surface area contributed by atoms with Gasteiger partial charge in [-0.2, -0.15) is 16.9 Å². The standard InChI is InChI=1S/C12H18N4S2/c1-7-6-18-5-4-16(7)12-10(11(13)17)8(2)9(3)14-15-12/h7H,4-6H2,1-3H3,(H2,13,17). The Balaban J connectivity index is 2.49. The molecule has 0 saturated carbocycles. The molecule has 0 bridgehead atoms. The minimum absolute atomic E-state index is 0.408. The van der Waals surface area contributed by atoms with Crippen molar-refractivity contribution in [2.75, 3.05) is 23.0 Å². The second-order valence-electron chi connectivity index (χ2n) is 4.59. The molecular weight excluding hydrogens is 264 g/mol. The Labute approximate surface area is 117 Å². The molecule has 2 heterocycles. The molecule has 6 heteroatoms. The van der Waals surface area contributed by atoms with Gasteiger partial charge in [0.05, 0.1) is 11.3 Å². The van der Waals surface area contributed by atoms with E-state index in [1.807, 2.05) is 25.6 Å². The molecule has 0 spiro atoms. The lowest BCUT2D eigenvalue weighted by Crippen LogP contribution is -2.42. The Kier molecular flexibility index (Phi) is 4.07. The van der Waals surface area contributed by atoms with Crippen molar-refractivity contribution < 1.29 is 0 Å². The van der Waals surface area contributed by atoms with Crippen LogP contribution in [0.2, 0.25) is 0 Å². The van der Waals surface area contributed by atoms with Crippen LogP contribution in [0.15, 0.2) is 0 Å². The van der Waals surface area contributed by atoms with E-state index in [0.717, 1.165) is 40.7 Å². The van der Waals surface area contributed by atoms with Crippen LogP contribution in [0.4, 0.5) is 5.82 Å². The summed E-state index contributed by atoms with van der Waals surface area (Å²) in [5.41, 5.74) is 8.68. The van der Waals surface area contributed by atoms with Gasteiger partial charge in [0.2, 0.25) is 0 Å². The summed E-state index contributed by atoms with van der Waals surface area (Å²) in [5.74, 6) is 3.06. The Hall–Kier alpha value is -0.880.